The maximum Gasteiger partial charge on any atom is 0.418 e. The van der Waals surface area contributed by atoms with Crippen LogP contribution >= 0.6 is 0 Å². The Bertz CT molecular complexity index is 1320. The van der Waals surface area contributed by atoms with Crippen molar-refractivity contribution in [3.63, 3.8) is 0 Å². The molecule has 4 rings (SSSR count). The fraction of sp³-hybridized carbons (Fsp3) is 0.345. The van der Waals surface area contributed by atoms with Crippen molar-refractivity contribution >= 4 is 17.0 Å². The lowest BCUT2D eigenvalue weighted by atomic mass is 10.1. The molecule has 0 saturated heterocycles. The van der Waals surface area contributed by atoms with Gasteiger partial charge in [-0.3, -0.25) is 4.57 Å². The highest BCUT2D eigenvalue weighted by Gasteiger charge is 2.21. The number of hydrogen-bond acceptors (Lipinski definition) is 6. The highest BCUT2D eigenvalue weighted by atomic mass is 16.5. The molecule has 0 bridgehead atoms. The van der Waals surface area contributed by atoms with Crippen molar-refractivity contribution in [3.05, 3.63) is 83.3 Å². The van der Waals surface area contributed by atoms with Crippen molar-refractivity contribution in [1.29, 1.82) is 0 Å². The third-order valence-corrected chi connectivity index (χ3v) is 5.68. The van der Waals surface area contributed by atoms with Gasteiger partial charge in [-0.15, -0.1) is 0 Å². The van der Waals surface area contributed by atoms with Crippen LogP contribution in [0, 0.1) is 5.92 Å². The van der Waals surface area contributed by atoms with Gasteiger partial charge in [0.2, 0.25) is 11.8 Å². The van der Waals surface area contributed by atoms with E-state index in [4.69, 9.17) is 24.2 Å². The predicted molar refractivity (Wildman–Crippen MR) is 140 cm³/mol. The molecule has 0 unspecified atom stereocenters. The summed E-state index contributed by atoms with van der Waals surface area (Å²) in [5.41, 5.74) is 4.11. The molecule has 2 aromatic heterocycles. The second-order valence-corrected chi connectivity index (χ2v) is 8.95. The van der Waals surface area contributed by atoms with E-state index in [1.54, 1.807) is 4.57 Å². The molecule has 0 fully saturated rings. The van der Waals surface area contributed by atoms with Crippen molar-refractivity contribution in [1.82, 2.24) is 14.5 Å². The van der Waals surface area contributed by atoms with E-state index in [1.165, 1.54) is 0 Å². The van der Waals surface area contributed by atoms with E-state index in [9.17, 15) is 4.79 Å². The van der Waals surface area contributed by atoms with Crippen LogP contribution in [0.2, 0.25) is 0 Å². The van der Waals surface area contributed by atoms with Gasteiger partial charge in [-0.25, -0.2) is 14.8 Å². The van der Waals surface area contributed by atoms with E-state index in [-0.39, 0.29) is 6.61 Å². The molecule has 4 aromatic rings. The average Bonchev–Trinajstić information content (AvgIpc) is 3.24. The highest BCUT2D eigenvalue weighted by molar-refractivity contribution is 5.92. The maximum atomic E-state index is 13.0. The van der Waals surface area contributed by atoms with Gasteiger partial charge >= 0.3 is 6.09 Å². The summed E-state index contributed by atoms with van der Waals surface area (Å²) >= 11 is 0. The first-order valence-electron chi connectivity index (χ1n) is 12.5. The summed E-state index contributed by atoms with van der Waals surface area (Å²) in [7, 11) is 0. The van der Waals surface area contributed by atoms with Gasteiger partial charge in [0, 0.05) is 18.0 Å². The fourth-order valence-corrected chi connectivity index (χ4v) is 4.12. The topological polar surface area (TPSA) is 75.5 Å². The molecule has 0 aliphatic carbocycles. The predicted octanol–water partition coefficient (Wildman–Crippen LogP) is 6.20. The van der Waals surface area contributed by atoms with Crippen molar-refractivity contribution in [2.45, 2.75) is 47.1 Å². The summed E-state index contributed by atoms with van der Waals surface area (Å²) in [4.78, 5) is 22.6. The van der Waals surface area contributed by atoms with Gasteiger partial charge in [-0.05, 0) is 43.4 Å². The summed E-state index contributed by atoms with van der Waals surface area (Å²) < 4.78 is 18.9. The van der Waals surface area contributed by atoms with Crippen LogP contribution in [-0.2, 0) is 24.2 Å². The van der Waals surface area contributed by atoms with Crippen molar-refractivity contribution in [3.8, 4) is 11.8 Å². The molecular weight excluding hydrogens is 454 g/mol. The monoisotopic (exact) mass is 487 g/mol. The number of carbonyl (C=O) groups is 1. The molecule has 0 saturated carbocycles. The lowest BCUT2D eigenvalue weighted by Crippen LogP contribution is -2.12. The summed E-state index contributed by atoms with van der Waals surface area (Å²) in [6.45, 7) is 9.32. The summed E-state index contributed by atoms with van der Waals surface area (Å²) in [5, 5.41) is 0.947. The molecule has 7 nitrogen and oxygen atoms in total. The maximum absolute atomic E-state index is 13.0. The van der Waals surface area contributed by atoms with E-state index in [0.717, 1.165) is 34.1 Å². The van der Waals surface area contributed by atoms with Crippen LogP contribution in [0.25, 0.3) is 10.9 Å². The smallest absolute Gasteiger partial charge is 0.418 e. The zero-order valence-electron chi connectivity index (χ0n) is 21.4. The highest BCUT2D eigenvalue weighted by Crippen LogP contribution is 2.29. The minimum absolute atomic E-state index is 0.205. The molecule has 0 amide bonds. The summed E-state index contributed by atoms with van der Waals surface area (Å²) in [6, 6.07) is 17.4. The molecule has 0 atom stereocenters. The van der Waals surface area contributed by atoms with Crippen LogP contribution in [0.3, 0.4) is 0 Å². The number of para-hydroxylation sites is 1. The van der Waals surface area contributed by atoms with Crippen LogP contribution in [0.5, 0.6) is 11.8 Å². The zero-order chi connectivity index (χ0) is 25.5. The number of ether oxygens (including phenoxy) is 3. The first-order valence-corrected chi connectivity index (χ1v) is 12.5. The normalized spacial score (nSPS) is 11.1. The number of aromatic nitrogens is 3. The molecule has 188 valence electrons. The fourth-order valence-electron chi connectivity index (χ4n) is 4.12. The standard InChI is InChI=1S/C29H33N3O4/c1-5-34-27-24(16-20(3)4)30-28(35-6-2)25(31-27)17-22-18-32(26-15-11-10-14-23(22)26)29(33)36-19-21-12-8-7-9-13-21/h7-15,18,20H,5-6,16-17,19H2,1-4H3. The van der Waals surface area contributed by atoms with Crippen molar-refractivity contribution in [2.24, 2.45) is 5.92 Å². The van der Waals surface area contributed by atoms with Crippen molar-refractivity contribution in [2.75, 3.05) is 13.2 Å². The molecular formula is C29H33N3O4. The minimum atomic E-state index is -0.431. The Hall–Kier alpha value is -3.87. The molecule has 2 aromatic carbocycles. The number of carbonyl (C=O) groups excluding carboxylic acids is 1. The Balaban J connectivity index is 1.68. The number of fused-ring (bicyclic) bond motifs is 1. The number of hydrogen-bond donors (Lipinski definition) is 0. The molecule has 2 heterocycles. The Morgan fingerprint density at radius 2 is 1.53 bits per heavy atom. The summed E-state index contributed by atoms with van der Waals surface area (Å²) in [5.74, 6) is 1.44. The molecule has 36 heavy (non-hydrogen) atoms. The Labute approximate surface area is 212 Å². The van der Waals surface area contributed by atoms with E-state index in [0.29, 0.717) is 43.0 Å². The Morgan fingerprint density at radius 3 is 2.22 bits per heavy atom. The molecule has 7 heteroatoms. The lowest BCUT2D eigenvalue weighted by Gasteiger charge is -2.15. The molecule has 0 aliphatic heterocycles. The van der Waals surface area contributed by atoms with Crippen molar-refractivity contribution < 1.29 is 19.0 Å². The first kappa shape index (κ1) is 25.2. The Kier molecular flexibility index (Phi) is 8.21. The van der Waals surface area contributed by atoms with E-state index < -0.39 is 6.09 Å². The van der Waals surface area contributed by atoms with Crippen LogP contribution < -0.4 is 9.47 Å². The molecule has 0 radical (unpaired) electrons. The van der Waals surface area contributed by atoms with Gasteiger partial charge in [0.15, 0.2) is 0 Å². The van der Waals surface area contributed by atoms with Gasteiger partial charge in [0.1, 0.15) is 18.0 Å². The number of nitrogens with zero attached hydrogens (tertiary/aromatic N) is 3. The third-order valence-electron chi connectivity index (χ3n) is 5.68. The average molecular weight is 488 g/mol. The molecule has 0 aliphatic rings. The minimum Gasteiger partial charge on any atom is -0.477 e. The molecule has 0 N–H and O–H groups in total. The summed E-state index contributed by atoms with van der Waals surface area (Å²) in [6.07, 6.45) is 2.57. The van der Waals surface area contributed by atoms with E-state index >= 15 is 0 Å². The largest absolute Gasteiger partial charge is 0.477 e. The van der Waals surface area contributed by atoms with Gasteiger partial charge in [0.25, 0.3) is 0 Å². The van der Waals surface area contributed by atoms with Crippen LogP contribution in [0.15, 0.2) is 60.8 Å². The van der Waals surface area contributed by atoms with Gasteiger partial charge in [-0.1, -0.05) is 62.4 Å². The van der Waals surface area contributed by atoms with Gasteiger partial charge in [-0.2, -0.15) is 0 Å². The Morgan fingerprint density at radius 1 is 0.889 bits per heavy atom. The lowest BCUT2D eigenvalue weighted by molar-refractivity contribution is 0.142. The van der Waals surface area contributed by atoms with Crippen LogP contribution in [-0.4, -0.2) is 33.8 Å². The van der Waals surface area contributed by atoms with Gasteiger partial charge in [0.05, 0.1) is 18.7 Å². The second-order valence-electron chi connectivity index (χ2n) is 8.95. The number of rotatable bonds is 10. The first-order chi connectivity index (χ1) is 17.5. The molecule has 0 spiro atoms. The SMILES string of the molecule is CCOc1nc(CC(C)C)c(OCC)nc1Cc1cn(C(=O)OCc2ccccc2)c2ccccc12. The van der Waals surface area contributed by atoms with Gasteiger partial charge < -0.3 is 14.2 Å². The third kappa shape index (κ3) is 5.85. The second kappa shape index (κ2) is 11.7. The van der Waals surface area contributed by atoms with Crippen LogP contribution in [0.1, 0.15) is 50.2 Å². The van der Waals surface area contributed by atoms with Crippen LogP contribution in [0.4, 0.5) is 4.79 Å². The van der Waals surface area contributed by atoms with E-state index in [1.807, 2.05) is 74.6 Å². The zero-order valence-corrected chi connectivity index (χ0v) is 21.4. The number of benzene rings is 2. The quantitative estimate of drug-likeness (QED) is 0.265. The van der Waals surface area contributed by atoms with E-state index in [2.05, 4.69) is 13.8 Å².